The van der Waals surface area contributed by atoms with Crippen molar-refractivity contribution in [2.24, 2.45) is 0 Å². The van der Waals surface area contributed by atoms with Gasteiger partial charge in [0.2, 0.25) is 0 Å². The van der Waals surface area contributed by atoms with E-state index in [-0.39, 0.29) is 10.3 Å². The number of ether oxygens (including phenoxy) is 2. The molecule has 148 valence electrons. The number of nitrogens with one attached hydrogen (secondary N) is 1. The average molecular weight is 399 g/mol. The van der Waals surface area contributed by atoms with Crippen molar-refractivity contribution < 1.29 is 9.47 Å². The van der Waals surface area contributed by atoms with Crippen molar-refractivity contribution in [3.05, 3.63) is 0 Å². The maximum absolute atomic E-state index is 6.60. The van der Waals surface area contributed by atoms with E-state index in [0.717, 1.165) is 19.8 Å². The zero-order valence-corrected chi connectivity index (χ0v) is 17.6. The molecule has 0 bridgehead atoms. The normalized spacial score (nSPS) is 47.8. The Kier molecular flexibility index (Phi) is 5.53. The van der Waals surface area contributed by atoms with Crippen molar-refractivity contribution in [2.75, 3.05) is 44.4 Å². The Labute approximate surface area is 166 Å². The Balaban J connectivity index is 1.61. The van der Waals surface area contributed by atoms with Gasteiger partial charge in [-0.1, -0.05) is 0 Å². The van der Waals surface area contributed by atoms with Gasteiger partial charge in [-0.3, -0.25) is 4.90 Å². The molecule has 5 aliphatic heterocycles. The van der Waals surface area contributed by atoms with Crippen LogP contribution in [0.5, 0.6) is 0 Å². The van der Waals surface area contributed by atoms with Crippen LogP contribution in [0, 0.1) is 0 Å². The van der Waals surface area contributed by atoms with E-state index in [4.69, 9.17) is 9.47 Å². The fourth-order valence-corrected chi connectivity index (χ4v) is 10.1. The second-order valence-electron chi connectivity index (χ2n) is 8.57. The van der Waals surface area contributed by atoms with Crippen LogP contribution in [0.2, 0.25) is 0 Å². The van der Waals surface area contributed by atoms with Crippen molar-refractivity contribution in [1.29, 1.82) is 0 Å². The average Bonchev–Trinajstić information content (AvgIpc) is 3.50. The molecule has 5 unspecified atom stereocenters. The quantitative estimate of drug-likeness (QED) is 0.784. The summed E-state index contributed by atoms with van der Waals surface area (Å²) in [6.45, 7) is 5.56. The van der Waals surface area contributed by atoms with E-state index < -0.39 is 0 Å². The summed E-state index contributed by atoms with van der Waals surface area (Å²) in [5.74, 6) is 2.50. The lowest BCUT2D eigenvalue weighted by Crippen LogP contribution is -2.74. The van der Waals surface area contributed by atoms with Gasteiger partial charge in [0.25, 0.3) is 0 Å². The van der Waals surface area contributed by atoms with Crippen LogP contribution in [-0.4, -0.2) is 77.1 Å². The van der Waals surface area contributed by atoms with Gasteiger partial charge in [0.1, 0.15) is 0 Å². The van der Waals surface area contributed by atoms with Crippen LogP contribution in [0.3, 0.4) is 0 Å². The van der Waals surface area contributed by atoms with Gasteiger partial charge in [-0.2, -0.15) is 0 Å². The van der Waals surface area contributed by atoms with Gasteiger partial charge >= 0.3 is 0 Å². The molecule has 5 saturated heterocycles. The van der Waals surface area contributed by atoms with Gasteiger partial charge in [0.05, 0.1) is 27.9 Å². The largest absolute Gasteiger partial charge is 0.377 e. The van der Waals surface area contributed by atoms with Gasteiger partial charge in [-0.15, -0.1) is 23.5 Å². The molecule has 0 spiro atoms. The minimum atomic E-state index is 0.133. The van der Waals surface area contributed by atoms with Crippen LogP contribution < -0.4 is 5.32 Å². The Hall–Kier alpha value is 0.540. The zero-order chi connectivity index (χ0) is 17.5. The van der Waals surface area contributed by atoms with E-state index in [1.165, 1.54) is 76.0 Å². The van der Waals surface area contributed by atoms with E-state index in [0.29, 0.717) is 17.6 Å². The van der Waals surface area contributed by atoms with Crippen LogP contribution in [0.1, 0.15) is 51.4 Å². The first-order chi connectivity index (χ1) is 12.9. The SMILES string of the molecule is C1CCC(C2(C3NCCS3)SCCC2(C2CCCO2)N2CCCC2)OC1. The molecule has 0 aromatic rings. The van der Waals surface area contributed by atoms with Crippen LogP contribution in [0.4, 0.5) is 0 Å². The molecule has 0 aromatic heterocycles. The van der Waals surface area contributed by atoms with Crippen molar-refractivity contribution in [1.82, 2.24) is 10.2 Å². The van der Waals surface area contributed by atoms with Crippen LogP contribution >= 0.6 is 23.5 Å². The Morgan fingerprint density at radius 3 is 2.38 bits per heavy atom. The van der Waals surface area contributed by atoms with Crippen LogP contribution in [0.25, 0.3) is 0 Å². The summed E-state index contributed by atoms with van der Waals surface area (Å²) in [6.07, 6.45) is 11.0. The first-order valence-electron chi connectivity index (χ1n) is 10.9. The summed E-state index contributed by atoms with van der Waals surface area (Å²) in [5.41, 5.74) is 0.154. The number of rotatable bonds is 4. The fraction of sp³-hybridized carbons (Fsp3) is 1.00. The molecule has 5 aliphatic rings. The molecule has 0 amide bonds. The van der Waals surface area contributed by atoms with Crippen molar-refractivity contribution >= 4 is 23.5 Å². The van der Waals surface area contributed by atoms with Gasteiger partial charge < -0.3 is 14.8 Å². The Morgan fingerprint density at radius 1 is 0.885 bits per heavy atom. The lowest BCUT2D eigenvalue weighted by molar-refractivity contribution is -0.109. The second-order valence-corrected chi connectivity index (χ2v) is 11.2. The summed E-state index contributed by atoms with van der Waals surface area (Å²) in [7, 11) is 0. The maximum atomic E-state index is 6.60. The van der Waals surface area contributed by atoms with Crippen LogP contribution in [0.15, 0.2) is 0 Å². The number of thioether (sulfide) groups is 2. The summed E-state index contributed by atoms with van der Waals surface area (Å²) in [4.78, 5) is 2.88. The molecular weight excluding hydrogens is 364 g/mol. The molecule has 5 fully saturated rings. The van der Waals surface area contributed by atoms with E-state index in [1.807, 2.05) is 0 Å². The molecule has 6 heteroatoms. The van der Waals surface area contributed by atoms with E-state index in [1.54, 1.807) is 0 Å². The first-order valence-corrected chi connectivity index (χ1v) is 12.9. The molecular formula is C20H34N2O2S2. The molecule has 26 heavy (non-hydrogen) atoms. The standard InChI is InChI=1S/C20H34N2O2S2/c1-4-12-24-17(6-1)20(18-21-9-15-25-18)19(8-14-26-20,16-7-5-13-23-16)22-10-2-3-11-22/h16-18,21H,1-15H2. The van der Waals surface area contributed by atoms with Crippen molar-refractivity contribution in [3.8, 4) is 0 Å². The smallest absolute Gasteiger partial charge is 0.0875 e. The summed E-state index contributed by atoms with van der Waals surface area (Å²) < 4.78 is 13.2. The highest BCUT2D eigenvalue weighted by molar-refractivity contribution is 8.04. The number of likely N-dealkylation sites (tertiary alicyclic amines) is 1. The monoisotopic (exact) mass is 398 g/mol. The highest BCUT2D eigenvalue weighted by Crippen LogP contribution is 2.61. The zero-order valence-electron chi connectivity index (χ0n) is 15.9. The molecule has 1 N–H and O–H groups in total. The number of hydrogen-bond acceptors (Lipinski definition) is 6. The highest BCUT2D eigenvalue weighted by atomic mass is 32.2. The molecule has 0 aromatic carbocycles. The van der Waals surface area contributed by atoms with Gasteiger partial charge in [0, 0.05) is 25.5 Å². The first kappa shape index (κ1) is 18.6. The predicted molar refractivity (Wildman–Crippen MR) is 110 cm³/mol. The van der Waals surface area contributed by atoms with Gasteiger partial charge in [0.15, 0.2) is 0 Å². The molecule has 5 heterocycles. The maximum Gasteiger partial charge on any atom is 0.0875 e. The minimum absolute atomic E-state index is 0.133. The number of hydrogen-bond donors (Lipinski definition) is 1. The second kappa shape index (κ2) is 7.75. The molecule has 0 saturated carbocycles. The van der Waals surface area contributed by atoms with Gasteiger partial charge in [-0.05, 0) is 70.2 Å². The predicted octanol–water partition coefficient (Wildman–Crippen LogP) is 3.11. The van der Waals surface area contributed by atoms with Crippen molar-refractivity contribution in [3.63, 3.8) is 0 Å². The Morgan fingerprint density at radius 2 is 1.69 bits per heavy atom. The van der Waals surface area contributed by atoms with E-state index in [2.05, 4.69) is 33.7 Å². The van der Waals surface area contributed by atoms with E-state index in [9.17, 15) is 0 Å². The Bertz CT molecular complexity index is 468. The summed E-state index contributed by atoms with van der Waals surface area (Å²) in [5, 5.41) is 4.42. The van der Waals surface area contributed by atoms with E-state index >= 15 is 0 Å². The van der Waals surface area contributed by atoms with Crippen LogP contribution in [-0.2, 0) is 9.47 Å². The highest BCUT2D eigenvalue weighted by Gasteiger charge is 2.70. The molecule has 5 rings (SSSR count). The summed E-state index contributed by atoms with van der Waals surface area (Å²) >= 11 is 4.40. The summed E-state index contributed by atoms with van der Waals surface area (Å²) in [6, 6.07) is 0. The lowest BCUT2D eigenvalue weighted by atomic mass is 9.70. The molecule has 4 nitrogen and oxygen atoms in total. The number of nitrogens with zero attached hydrogens (tertiary/aromatic N) is 1. The lowest BCUT2D eigenvalue weighted by Gasteiger charge is -2.58. The third-order valence-electron chi connectivity index (χ3n) is 7.40. The molecule has 5 atom stereocenters. The third-order valence-corrected chi connectivity index (χ3v) is 10.6. The molecule has 0 aliphatic carbocycles. The minimum Gasteiger partial charge on any atom is -0.377 e. The fourth-order valence-electron chi connectivity index (χ4n) is 6.41. The van der Waals surface area contributed by atoms with Crippen molar-refractivity contribution in [2.45, 2.75) is 79.2 Å². The topological polar surface area (TPSA) is 33.7 Å². The molecule has 0 radical (unpaired) electrons. The third kappa shape index (κ3) is 2.73. The van der Waals surface area contributed by atoms with Gasteiger partial charge in [-0.25, -0.2) is 0 Å².